The molecule has 1 aliphatic heterocycles. The van der Waals surface area contributed by atoms with E-state index in [1.165, 1.54) is 0 Å². The van der Waals surface area contributed by atoms with Crippen LogP contribution in [0.4, 0.5) is 5.69 Å². The van der Waals surface area contributed by atoms with Crippen LogP contribution in [-0.2, 0) is 0 Å². The summed E-state index contributed by atoms with van der Waals surface area (Å²) in [7, 11) is 1.67. The van der Waals surface area contributed by atoms with Crippen molar-refractivity contribution >= 4 is 23.0 Å². The minimum Gasteiger partial charge on any atom is -0.497 e. The minimum absolute atomic E-state index is 0.113. The molecule has 7 heteroatoms. The van der Waals surface area contributed by atoms with Crippen LogP contribution in [0.15, 0.2) is 91.3 Å². The van der Waals surface area contributed by atoms with Gasteiger partial charge in [0.25, 0.3) is 0 Å². The Kier molecular flexibility index (Phi) is 6.18. The molecule has 2 atom stereocenters. The van der Waals surface area contributed by atoms with Gasteiger partial charge in [-0.25, -0.2) is 0 Å². The fourth-order valence-corrected chi connectivity index (χ4v) is 4.76. The van der Waals surface area contributed by atoms with Crippen LogP contribution >= 0.6 is 12.2 Å². The third-order valence-electron chi connectivity index (χ3n) is 5.96. The van der Waals surface area contributed by atoms with Crippen molar-refractivity contribution in [3.05, 3.63) is 103 Å². The molecule has 0 aliphatic carbocycles. The van der Waals surface area contributed by atoms with Gasteiger partial charge in [-0.3, -0.25) is 4.98 Å². The van der Waals surface area contributed by atoms with E-state index in [2.05, 4.69) is 50.2 Å². The van der Waals surface area contributed by atoms with E-state index in [1.807, 2.05) is 67.7 Å². The quantitative estimate of drug-likeness (QED) is 0.362. The SMILES string of the molecule is CCOc1ccc(N2C(=S)N[C@@H](c3ccccn3)[C@H]2c2cccn2-c2ccc(OC)cc2)cc1. The zero-order valence-corrected chi connectivity index (χ0v) is 19.9. The third-order valence-corrected chi connectivity index (χ3v) is 6.27. The van der Waals surface area contributed by atoms with Crippen LogP contribution in [0.25, 0.3) is 5.69 Å². The number of methoxy groups -OCH3 is 1. The lowest BCUT2D eigenvalue weighted by Crippen LogP contribution is -2.30. The Hall–Kier alpha value is -3.84. The van der Waals surface area contributed by atoms with Crippen molar-refractivity contribution in [1.29, 1.82) is 0 Å². The zero-order chi connectivity index (χ0) is 23.5. The first-order valence-corrected chi connectivity index (χ1v) is 11.7. The molecule has 2 aromatic heterocycles. The van der Waals surface area contributed by atoms with Crippen LogP contribution in [0.2, 0.25) is 0 Å². The van der Waals surface area contributed by atoms with E-state index in [9.17, 15) is 0 Å². The summed E-state index contributed by atoms with van der Waals surface area (Å²) in [5.41, 5.74) is 4.07. The van der Waals surface area contributed by atoms with Gasteiger partial charge in [-0.2, -0.15) is 0 Å². The molecule has 4 aromatic rings. The Morgan fingerprint density at radius 1 is 0.912 bits per heavy atom. The average Bonchev–Trinajstić information content (AvgIpc) is 3.50. The number of nitrogens with one attached hydrogen (secondary N) is 1. The first-order valence-electron chi connectivity index (χ1n) is 11.2. The molecule has 172 valence electrons. The van der Waals surface area contributed by atoms with Crippen LogP contribution in [0, 0.1) is 0 Å². The number of rotatable bonds is 7. The highest BCUT2D eigenvalue weighted by molar-refractivity contribution is 7.80. The van der Waals surface area contributed by atoms with Crippen molar-refractivity contribution in [3.8, 4) is 17.2 Å². The van der Waals surface area contributed by atoms with Crippen molar-refractivity contribution in [3.63, 3.8) is 0 Å². The van der Waals surface area contributed by atoms with Gasteiger partial charge in [-0.1, -0.05) is 6.07 Å². The molecule has 3 heterocycles. The lowest BCUT2D eigenvalue weighted by Gasteiger charge is -2.29. The van der Waals surface area contributed by atoms with Crippen LogP contribution in [0.5, 0.6) is 11.5 Å². The molecular formula is C27H26N4O2S. The second-order valence-corrected chi connectivity index (χ2v) is 8.31. The van der Waals surface area contributed by atoms with Gasteiger partial charge in [-0.05, 0) is 91.9 Å². The predicted octanol–water partition coefficient (Wildman–Crippen LogP) is 5.46. The molecule has 0 unspecified atom stereocenters. The first-order chi connectivity index (χ1) is 16.7. The highest BCUT2D eigenvalue weighted by Crippen LogP contribution is 2.42. The Bertz CT molecular complexity index is 1260. The summed E-state index contributed by atoms with van der Waals surface area (Å²) in [5, 5.41) is 4.18. The molecule has 0 bridgehead atoms. The molecule has 0 spiro atoms. The van der Waals surface area contributed by atoms with Gasteiger partial charge < -0.3 is 24.3 Å². The van der Waals surface area contributed by atoms with Gasteiger partial charge in [0.1, 0.15) is 17.5 Å². The molecule has 1 saturated heterocycles. The molecule has 2 aromatic carbocycles. The zero-order valence-electron chi connectivity index (χ0n) is 19.1. The van der Waals surface area contributed by atoms with Crippen LogP contribution in [0.1, 0.15) is 30.4 Å². The van der Waals surface area contributed by atoms with Gasteiger partial charge in [0.15, 0.2) is 5.11 Å². The summed E-state index contributed by atoms with van der Waals surface area (Å²) in [5.74, 6) is 1.66. The fourth-order valence-electron chi connectivity index (χ4n) is 4.42. The number of benzene rings is 2. The average molecular weight is 471 g/mol. The number of pyridine rings is 1. The second-order valence-electron chi connectivity index (χ2n) is 7.92. The van der Waals surface area contributed by atoms with Gasteiger partial charge in [-0.15, -0.1) is 0 Å². The van der Waals surface area contributed by atoms with E-state index < -0.39 is 0 Å². The molecule has 1 fully saturated rings. The van der Waals surface area contributed by atoms with Gasteiger partial charge in [0, 0.05) is 29.5 Å². The third kappa shape index (κ3) is 4.10. The van der Waals surface area contributed by atoms with E-state index in [4.69, 9.17) is 21.7 Å². The maximum absolute atomic E-state index is 5.86. The lowest BCUT2D eigenvalue weighted by molar-refractivity contribution is 0.340. The molecule has 0 amide bonds. The molecular weight excluding hydrogens is 444 g/mol. The minimum atomic E-state index is -0.118. The molecule has 0 saturated carbocycles. The second kappa shape index (κ2) is 9.57. The fraction of sp³-hybridized carbons (Fsp3) is 0.185. The van der Waals surface area contributed by atoms with Crippen LogP contribution < -0.4 is 19.7 Å². The van der Waals surface area contributed by atoms with E-state index in [0.717, 1.165) is 34.3 Å². The Labute approximate surface area is 204 Å². The summed E-state index contributed by atoms with van der Waals surface area (Å²) < 4.78 is 13.2. The lowest BCUT2D eigenvalue weighted by atomic mass is 10.0. The standard InChI is InChI=1S/C27H26N4O2S/c1-3-33-22-15-11-20(12-16-22)31-26(25(29-27(31)34)23-7-4-5-17-28-23)24-8-6-18-30(24)19-9-13-21(32-2)14-10-19/h4-18,25-26H,3H2,1-2H3,(H,29,34)/t25-,26+/m0/s1. The highest BCUT2D eigenvalue weighted by Gasteiger charge is 2.42. The monoisotopic (exact) mass is 470 g/mol. The largest absolute Gasteiger partial charge is 0.497 e. The van der Waals surface area contributed by atoms with Crippen molar-refractivity contribution in [2.75, 3.05) is 18.6 Å². The summed E-state index contributed by atoms with van der Waals surface area (Å²) in [4.78, 5) is 6.82. The number of anilines is 1. The Morgan fingerprint density at radius 2 is 1.65 bits per heavy atom. The first kappa shape index (κ1) is 22.0. The van der Waals surface area contributed by atoms with Crippen LogP contribution in [0.3, 0.4) is 0 Å². The van der Waals surface area contributed by atoms with Crippen molar-refractivity contribution in [2.24, 2.45) is 0 Å². The maximum Gasteiger partial charge on any atom is 0.174 e. The highest BCUT2D eigenvalue weighted by atomic mass is 32.1. The smallest absolute Gasteiger partial charge is 0.174 e. The van der Waals surface area contributed by atoms with E-state index in [0.29, 0.717) is 11.7 Å². The Morgan fingerprint density at radius 3 is 2.32 bits per heavy atom. The van der Waals surface area contributed by atoms with Crippen LogP contribution in [-0.4, -0.2) is 28.4 Å². The normalized spacial score (nSPS) is 17.5. The van der Waals surface area contributed by atoms with Crippen molar-refractivity contribution in [1.82, 2.24) is 14.9 Å². The number of aromatic nitrogens is 2. The summed E-state index contributed by atoms with van der Waals surface area (Å²) in [6, 6.07) is 26.1. The molecule has 6 nitrogen and oxygen atoms in total. The van der Waals surface area contributed by atoms with Gasteiger partial charge in [0.05, 0.1) is 25.5 Å². The number of nitrogens with zero attached hydrogens (tertiary/aromatic N) is 3. The number of thiocarbonyl (C=S) groups is 1. The van der Waals surface area contributed by atoms with Crippen molar-refractivity contribution < 1.29 is 9.47 Å². The molecule has 1 N–H and O–H groups in total. The Balaban J connectivity index is 1.60. The summed E-state index contributed by atoms with van der Waals surface area (Å²) in [6.07, 6.45) is 3.89. The molecule has 5 rings (SSSR count). The van der Waals surface area contributed by atoms with E-state index >= 15 is 0 Å². The predicted molar refractivity (Wildman–Crippen MR) is 138 cm³/mol. The molecule has 0 radical (unpaired) electrons. The molecule has 1 aliphatic rings. The van der Waals surface area contributed by atoms with Gasteiger partial charge in [0.2, 0.25) is 0 Å². The van der Waals surface area contributed by atoms with E-state index in [-0.39, 0.29) is 12.1 Å². The van der Waals surface area contributed by atoms with E-state index in [1.54, 1.807) is 7.11 Å². The summed E-state index contributed by atoms with van der Waals surface area (Å²) >= 11 is 5.86. The maximum atomic E-state index is 5.86. The topological polar surface area (TPSA) is 51.5 Å². The van der Waals surface area contributed by atoms with Gasteiger partial charge >= 0.3 is 0 Å². The number of hydrogen-bond donors (Lipinski definition) is 1. The summed E-state index contributed by atoms with van der Waals surface area (Å²) in [6.45, 7) is 2.61. The number of hydrogen-bond acceptors (Lipinski definition) is 4. The number of ether oxygens (including phenoxy) is 2. The van der Waals surface area contributed by atoms with Crippen molar-refractivity contribution in [2.45, 2.75) is 19.0 Å². The molecule has 34 heavy (non-hydrogen) atoms.